The second kappa shape index (κ2) is 4.67. The van der Waals surface area contributed by atoms with E-state index in [1.807, 2.05) is 25.5 Å². The van der Waals surface area contributed by atoms with Crippen LogP contribution in [0.25, 0.3) is 33.2 Å². The van der Waals surface area contributed by atoms with E-state index >= 15 is 0 Å². The van der Waals surface area contributed by atoms with Gasteiger partial charge in [0.1, 0.15) is 6.20 Å². The first-order valence-corrected chi connectivity index (χ1v) is 7.45. The summed E-state index contributed by atoms with van der Waals surface area (Å²) in [4.78, 5) is 4.56. The van der Waals surface area contributed by atoms with Crippen molar-refractivity contribution >= 4 is 21.8 Å². The number of fused-ring (bicyclic) bond motifs is 3. The van der Waals surface area contributed by atoms with Crippen LogP contribution < -0.4 is 4.57 Å². The van der Waals surface area contributed by atoms with Crippen LogP contribution in [0.15, 0.2) is 54.9 Å². The summed E-state index contributed by atoms with van der Waals surface area (Å²) in [6, 6.07) is 15.0. The average Bonchev–Trinajstić information content (AvgIpc) is 2.80. The Kier molecular flexibility index (Phi) is 2.76. The molecule has 4 rings (SSSR count). The Hall–Kier alpha value is -2.68. The van der Waals surface area contributed by atoms with Crippen LogP contribution in [0.2, 0.25) is 0 Å². The molecule has 4 aromatic rings. The molecule has 2 aromatic carbocycles. The summed E-state index contributed by atoms with van der Waals surface area (Å²) in [7, 11) is 4.17. The number of rotatable bonds is 1. The molecule has 0 saturated carbocycles. The van der Waals surface area contributed by atoms with Gasteiger partial charge in [-0.25, -0.2) is 4.57 Å². The maximum absolute atomic E-state index is 4.56. The van der Waals surface area contributed by atoms with Crippen molar-refractivity contribution in [1.82, 2.24) is 9.55 Å². The molecule has 0 bridgehead atoms. The predicted molar refractivity (Wildman–Crippen MR) is 89.6 cm³/mol. The van der Waals surface area contributed by atoms with E-state index in [9.17, 15) is 0 Å². The summed E-state index contributed by atoms with van der Waals surface area (Å²) >= 11 is 0. The molecule has 2 heterocycles. The summed E-state index contributed by atoms with van der Waals surface area (Å²) in [6.45, 7) is 2.15. The summed E-state index contributed by atoms with van der Waals surface area (Å²) in [5, 5.41) is 2.57. The van der Waals surface area contributed by atoms with E-state index in [4.69, 9.17) is 0 Å². The zero-order valence-electron chi connectivity index (χ0n) is 13.0. The lowest BCUT2D eigenvalue weighted by Crippen LogP contribution is -2.31. The maximum Gasteiger partial charge on any atom is 0.330 e. The Labute approximate surface area is 129 Å². The molecular weight excluding hydrogens is 270 g/mol. The number of benzene rings is 2. The number of aromatic nitrogens is 3. The van der Waals surface area contributed by atoms with Crippen molar-refractivity contribution in [3.63, 3.8) is 0 Å². The Balaban J connectivity index is 2.12. The number of para-hydroxylation sites is 1. The van der Waals surface area contributed by atoms with E-state index in [1.54, 1.807) is 0 Å². The van der Waals surface area contributed by atoms with Gasteiger partial charge in [0.25, 0.3) is 0 Å². The molecule has 0 aliphatic rings. The first kappa shape index (κ1) is 13.0. The van der Waals surface area contributed by atoms with E-state index in [0.29, 0.717) is 0 Å². The van der Waals surface area contributed by atoms with Crippen LogP contribution in [0, 0.1) is 6.92 Å². The van der Waals surface area contributed by atoms with Crippen LogP contribution >= 0.6 is 0 Å². The molecule has 0 fully saturated rings. The molecule has 0 aliphatic carbocycles. The molecule has 0 aliphatic heterocycles. The molecule has 0 saturated heterocycles. The van der Waals surface area contributed by atoms with Crippen molar-refractivity contribution in [3.05, 3.63) is 60.4 Å². The molecule has 0 radical (unpaired) electrons. The zero-order valence-corrected chi connectivity index (χ0v) is 13.0. The largest absolute Gasteiger partial charge is 0.344 e. The molecule has 3 nitrogen and oxygen atoms in total. The Morgan fingerprint density at radius 3 is 2.64 bits per heavy atom. The first-order valence-electron chi connectivity index (χ1n) is 7.45. The lowest BCUT2D eigenvalue weighted by Gasteiger charge is -2.05. The van der Waals surface area contributed by atoms with Gasteiger partial charge in [-0.3, -0.25) is 0 Å². The fraction of sp³-hybridized carbons (Fsp3) is 0.158. The summed E-state index contributed by atoms with van der Waals surface area (Å²) < 4.78 is 4.33. The van der Waals surface area contributed by atoms with E-state index < -0.39 is 0 Å². The van der Waals surface area contributed by atoms with E-state index in [-0.39, 0.29) is 0 Å². The van der Waals surface area contributed by atoms with Crippen LogP contribution in [0.4, 0.5) is 0 Å². The highest BCUT2D eigenvalue weighted by molar-refractivity contribution is 6.09. The fourth-order valence-corrected chi connectivity index (χ4v) is 3.25. The van der Waals surface area contributed by atoms with Crippen molar-refractivity contribution < 1.29 is 4.57 Å². The number of hydrogen-bond acceptors (Lipinski definition) is 1. The molecule has 0 amide bonds. The minimum Gasteiger partial charge on any atom is -0.344 e. The molecule has 0 spiro atoms. The minimum atomic E-state index is 0.995. The van der Waals surface area contributed by atoms with Gasteiger partial charge in [-0.15, -0.1) is 0 Å². The van der Waals surface area contributed by atoms with Gasteiger partial charge in [0.05, 0.1) is 18.8 Å². The number of nitrogens with zero attached hydrogens (tertiary/aromatic N) is 3. The van der Waals surface area contributed by atoms with Gasteiger partial charge in [0.15, 0.2) is 0 Å². The average molecular weight is 288 g/mol. The standard InChI is InChI=1S/C19H18N3/c1-13-11-18-16(14-7-4-5-8-17(14)22(18)3)12-15(13)19-20-9-6-10-21(19)2/h4-12H,1-3H3/q+1. The van der Waals surface area contributed by atoms with Gasteiger partial charge in [-0.05, 0) is 35.7 Å². The summed E-state index contributed by atoms with van der Waals surface area (Å²) in [6.07, 6.45) is 3.89. The van der Waals surface area contributed by atoms with Gasteiger partial charge in [0, 0.05) is 34.9 Å². The highest BCUT2D eigenvalue weighted by atomic mass is 15.0. The summed E-state index contributed by atoms with van der Waals surface area (Å²) in [5.41, 5.74) is 4.96. The fourth-order valence-electron chi connectivity index (χ4n) is 3.25. The molecule has 0 N–H and O–H groups in total. The quantitative estimate of drug-likeness (QED) is 0.491. The Morgan fingerprint density at radius 2 is 1.82 bits per heavy atom. The molecule has 0 unspecified atom stereocenters. The summed E-state index contributed by atoms with van der Waals surface area (Å²) in [5.74, 6) is 0.995. The lowest BCUT2D eigenvalue weighted by atomic mass is 10.0. The van der Waals surface area contributed by atoms with Crippen LogP contribution in [0.1, 0.15) is 5.56 Å². The van der Waals surface area contributed by atoms with Crippen LogP contribution in [0.5, 0.6) is 0 Å². The van der Waals surface area contributed by atoms with Crippen molar-refractivity contribution in [2.45, 2.75) is 6.92 Å². The van der Waals surface area contributed by atoms with Gasteiger partial charge < -0.3 is 4.57 Å². The highest BCUT2D eigenvalue weighted by Gasteiger charge is 2.17. The number of hydrogen-bond donors (Lipinski definition) is 0. The predicted octanol–water partition coefficient (Wildman–Crippen LogP) is 3.53. The van der Waals surface area contributed by atoms with E-state index in [2.05, 4.69) is 64.5 Å². The third kappa shape index (κ3) is 1.75. The normalized spacial score (nSPS) is 11.4. The molecular formula is C19H18N3+. The maximum atomic E-state index is 4.56. The monoisotopic (exact) mass is 288 g/mol. The SMILES string of the molecule is Cc1cc2c(cc1-c1nccc[n+]1C)c1ccccc1n2C. The minimum absolute atomic E-state index is 0.995. The third-order valence-electron chi connectivity index (χ3n) is 4.43. The second-order valence-electron chi connectivity index (χ2n) is 5.81. The number of aryl methyl sites for hydroxylation is 3. The van der Waals surface area contributed by atoms with Crippen molar-refractivity contribution in [3.8, 4) is 11.4 Å². The molecule has 3 heteroatoms. The van der Waals surface area contributed by atoms with E-state index in [0.717, 1.165) is 5.82 Å². The molecule has 22 heavy (non-hydrogen) atoms. The zero-order chi connectivity index (χ0) is 15.3. The van der Waals surface area contributed by atoms with Gasteiger partial charge in [-0.1, -0.05) is 18.2 Å². The van der Waals surface area contributed by atoms with Crippen molar-refractivity contribution in [2.24, 2.45) is 14.1 Å². The molecule has 0 atom stereocenters. The van der Waals surface area contributed by atoms with Crippen molar-refractivity contribution in [2.75, 3.05) is 0 Å². The third-order valence-corrected chi connectivity index (χ3v) is 4.43. The van der Waals surface area contributed by atoms with Crippen LogP contribution in [0.3, 0.4) is 0 Å². The van der Waals surface area contributed by atoms with Gasteiger partial charge >= 0.3 is 5.82 Å². The Morgan fingerprint density at radius 1 is 1.00 bits per heavy atom. The lowest BCUT2D eigenvalue weighted by molar-refractivity contribution is -0.663. The molecule has 108 valence electrons. The van der Waals surface area contributed by atoms with E-state index in [1.165, 1.54) is 32.9 Å². The van der Waals surface area contributed by atoms with Crippen LogP contribution in [-0.2, 0) is 14.1 Å². The first-order chi connectivity index (χ1) is 10.7. The van der Waals surface area contributed by atoms with Gasteiger partial charge in [0.2, 0.25) is 0 Å². The smallest absolute Gasteiger partial charge is 0.330 e. The Bertz CT molecular complexity index is 1010. The topological polar surface area (TPSA) is 21.7 Å². The highest BCUT2D eigenvalue weighted by Crippen LogP contribution is 2.32. The van der Waals surface area contributed by atoms with Crippen LogP contribution in [-0.4, -0.2) is 9.55 Å². The second-order valence-corrected chi connectivity index (χ2v) is 5.81. The molecule has 2 aromatic heterocycles. The van der Waals surface area contributed by atoms with Gasteiger partial charge in [-0.2, -0.15) is 0 Å². The van der Waals surface area contributed by atoms with Crippen molar-refractivity contribution in [1.29, 1.82) is 0 Å².